The van der Waals surface area contributed by atoms with E-state index in [4.69, 9.17) is 23.7 Å². The summed E-state index contributed by atoms with van der Waals surface area (Å²) in [5, 5.41) is 3.42. The molecule has 0 saturated heterocycles. The first-order valence-corrected chi connectivity index (χ1v) is 14.9. The van der Waals surface area contributed by atoms with Crippen LogP contribution in [-0.4, -0.2) is 45.8 Å². The minimum Gasteiger partial charge on any atom is -0.493 e. The van der Waals surface area contributed by atoms with E-state index >= 15 is 0 Å². The summed E-state index contributed by atoms with van der Waals surface area (Å²) in [4.78, 5) is 27.8. The predicted molar refractivity (Wildman–Crippen MR) is 167 cm³/mol. The molecule has 0 amide bonds. The number of hydrogen-bond acceptors (Lipinski definition) is 8. The third-order valence-electron chi connectivity index (χ3n) is 8.06. The van der Waals surface area contributed by atoms with Gasteiger partial charge in [0.25, 0.3) is 0 Å². The highest BCUT2D eigenvalue weighted by Gasteiger charge is 2.42. The molecule has 1 N–H and O–H groups in total. The van der Waals surface area contributed by atoms with Crippen LogP contribution in [0.15, 0.2) is 95.3 Å². The van der Waals surface area contributed by atoms with E-state index in [1.165, 1.54) is 0 Å². The molecule has 3 aromatic carbocycles. The zero-order chi connectivity index (χ0) is 31.1. The van der Waals surface area contributed by atoms with Crippen molar-refractivity contribution in [1.82, 2.24) is 5.32 Å². The number of ketones is 1. The Morgan fingerprint density at radius 3 is 2.39 bits per heavy atom. The molecule has 0 fully saturated rings. The number of methoxy groups -OCH3 is 2. The Kier molecular flexibility index (Phi) is 10.0. The largest absolute Gasteiger partial charge is 0.493 e. The van der Waals surface area contributed by atoms with Gasteiger partial charge in [-0.3, -0.25) is 4.79 Å². The number of nitrogens with one attached hydrogen (secondary N) is 1. The molecule has 230 valence electrons. The molecule has 8 nitrogen and oxygen atoms in total. The van der Waals surface area contributed by atoms with E-state index in [0.717, 1.165) is 22.4 Å². The Morgan fingerprint density at radius 2 is 1.64 bits per heavy atom. The second-order valence-electron chi connectivity index (χ2n) is 10.8. The lowest BCUT2D eigenvalue weighted by Gasteiger charge is -2.37. The van der Waals surface area contributed by atoms with E-state index in [1.54, 1.807) is 14.2 Å². The van der Waals surface area contributed by atoms with Crippen molar-refractivity contribution in [2.24, 2.45) is 0 Å². The van der Waals surface area contributed by atoms with Crippen molar-refractivity contribution in [1.29, 1.82) is 0 Å². The monoisotopic (exact) mass is 597 g/mol. The minimum absolute atomic E-state index is 0.0338. The lowest BCUT2D eigenvalue weighted by molar-refractivity contribution is -0.140. The van der Waals surface area contributed by atoms with Gasteiger partial charge in [0.2, 0.25) is 0 Å². The minimum atomic E-state index is -0.656. The number of esters is 1. The molecule has 5 rings (SSSR count). The van der Waals surface area contributed by atoms with E-state index in [2.05, 4.69) is 5.32 Å². The average molecular weight is 598 g/mol. The fourth-order valence-electron chi connectivity index (χ4n) is 5.96. The number of allylic oxidation sites excluding steroid dienone is 3. The lowest BCUT2D eigenvalue weighted by Crippen LogP contribution is -2.36. The molecule has 3 aromatic rings. The molecule has 2 aliphatic rings. The molecular formula is C36H39NO7. The van der Waals surface area contributed by atoms with Crippen LogP contribution in [0.1, 0.15) is 55.2 Å². The van der Waals surface area contributed by atoms with Gasteiger partial charge in [-0.2, -0.15) is 0 Å². The van der Waals surface area contributed by atoms with Gasteiger partial charge >= 0.3 is 5.97 Å². The van der Waals surface area contributed by atoms with Crippen LogP contribution in [0, 0.1) is 0 Å². The standard InChI is InChI=1S/C36H39NO7/c1-5-42-17-18-43-36(39)33-23(2)37-28-19-26(25-15-16-31(40-3)32(21-25)41-4)20-29(38)35(28)34(33)27-13-9-10-14-30(27)44-22-24-11-7-6-8-12-24/h6-16,21,26,34,37H,5,17-20,22H2,1-4H3/t26-,34-/m0/s1. The first kappa shape index (κ1) is 30.9. The van der Waals surface area contributed by atoms with Gasteiger partial charge in [-0.05, 0) is 55.5 Å². The summed E-state index contributed by atoms with van der Waals surface area (Å²) >= 11 is 0. The van der Waals surface area contributed by atoms with Gasteiger partial charge in [0.15, 0.2) is 17.3 Å². The molecule has 0 saturated carbocycles. The first-order chi connectivity index (χ1) is 21.4. The summed E-state index contributed by atoms with van der Waals surface area (Å²) in [6.45, 7) is 5.03. The number of carbonyl (C=O) groups excluding carboxylic acids is 2. The van der Waals surface area contributed by atoms with Crippen molar-refractivity contribution in [2.75, 3.05) is 34.0 Å². The van der Waals surface area contributed by atoms with E-state index in [9.17, 15) is 9.59 Å². The predicted octanol–water partition coefficient (Wildman–Crippen LogP) is 6.22. The normalized spacial score (nSPS) is 18.0. The van der Waals surface area contributed by atoms with Gasteiger partial charge in [-0.1, -0.05) is 54.6 Å². The molecule has 0 unspecified atom stereocenters. The summed E-state index contributed by atoms with van der Waals surface area (Å²) in [5.41, 5.74) is 5.15. The maximum Gasteiger partial charge on any atom is 0.336 e. The fourth-order valence-corrected chi connectivity index (χ4v) is 5.96. The van der Waals surface area contributed by atoms with E-state index in [-0.39, 0.29) is 24.7 Å². The van der Waals surface area contributed by atoms with Crippen LogP contribution in [-0.2, 0) is 25.7 Å². The van der Waals surface area contributed by atoms with Crippen LogP contribution in [0.2, 0.25) is 0 Å². The van der Waals surface area contributed by atoms with Crippen LogP contribution < -0.4 is 19.5 Å². The summed E-state index contributed by atoms with van der Waals surface area (Å²) in [6, 6.07) is 23.3. The highest BCUT2D eigenvalue weighted by Crippen LogP contribution is 2.48. The first-order valence-electron chi connectivity index (χ1n) is 14.9. The van der Waals surface area contributed by atoms with Gasteiger partial charge < -0.3 is 29.0 Å². The topological polar surface area (TPSA) is 92.3 Å². The van der Waals surface area contributed by atoms with Crippen LogP contribution in [0.4, 0.5) is 0 Å². The molecular weight excluding hydrogens is 558 g/mol. The summed E-state index contributed by atoms with van der Waals surface area (Å²) < 4.78 is 28.3. The number of dihydropyridines is 1. The number of benzene rings is 3. The second-order valence-corrected chi connectivity index (χ2v) is 10.8. The SMILES string of the molecule is CCOCCOC(=O)C1=C(C)NC2=C(C(=O)C[C@@H](c3ccc(OC)c(OC)c3)C2)[C@H]1c1ccccc1OCc1ccccc1. The molecule has 1 heterocycles. The van der Waals surface area contributed by atoms with Crippen molar-refractivity contribution in [3.8, 4) is 17.2 Å². The molecule has 44 heavy (non-hydrogen) atoms. The summed E-state index contributed by atoms with van der Waals surface area (Å²) in [7, 11) is 3.20. The van der Waals surface area contributed by atoms with Gasteiger partial charge in [0, 0.05) is 35.6 Å². The van der Waals surface area contributed by atoms with Crippen molar-refractivity contribution in [2.45, 2.75) is 45.1 Å². The smallest absolute Gasteiger partial charge is 0.336 e. The third kappa shape index (κ3) is 6.65. The van der Waals surface area contributed by atoms with Gasteiger partial charge in [-0.15, -0.1) is 0 Å². The fraction of sp³-hybridized carbons (Fsp3) is 0.333. The Morgan fingerprint density at radius 1 is 0.886 bits per heavy atom. The summed E-state index contributed by atoms with van der Waals surface area (Å²) in [5.74, 6) is 0.601. The Balaban J connectivity index is 1.53. The Labute approximate surface area is 258 Å². The molecule has 0 spiro atoms. The van der Waals surface area contributed by atoms with Crippen molar-refractivity contribution in [3.05, 3.63) is 112 Å². The molecule has 0 aromatic heterocycles. The average Bonchev–Trinajstić information content (AvgIpc) is 3.05. The zero-order valence-corrected chi connectivity index (χ0v) is 25.7. The van der Waals surface area contributed by atoms with Gasteiger partial charge in [-0.25, -0.2) is 4.79 Å². The molecule has 1 aliphatic carbocycles. The van der Waals surface area contributed by atoms with Crippen molar-refractivity contribution < 1.29 is 33.3 Å². The second kappa shape index (κ2) is 14.3. The zero-order valence-electron chi connectivity index (χ0n) is 25.7. The van der Waals surface area contributed by atoms with Crippen molar-refractivity contribution in [3.63, 3.8) is 0 Å². The number of para-hydroxylation sites is 1. The number of Topliss-reactive ketones (excluding diaryl/α,β-unsaturated/α-hetero) is 1. The van der Waals surface area contributed by atoms with Crippen LogP contribution >= 0.6 is 0 Å². The number of ether oxygens (including phenoxy) is 5. The lowest BCUT2D eigenvalue weighted by atomic mass is 9.71. The quantitative estimate of drug-likeness (QED) is 0.194. The molecule has 1 aliphatic heterocycles. The van der Waals surface area contributed by atoms with Crippen LogP contribution in [0.5, 0.6) is 17.2 Å². The highest BCUT2D eigenvalue weighted by atomic mass is 16.6. The van der Waals surface area contributed by atoms with Crippen molar-refractivity contribution >= 4 is 11.8 Å². The van der Waals surface area contributed by atoms with Crippen LogP contribution in [0.3, 0.4) is 0 Å². The maximum atomic E-state index is 14.1. The van der Waals surface area contributed by atoms with Gasteiger partial charge in [0.1, 0.15) is 19.0 Å². The van der Waals surface area contributed by atoms with E-state index < -0.39 is 11.9 Å². The van der Waals surface area contributed by atoms with Gasteiger partial charge in [0.05, 0.1) is 32.3 Å². The van der Waals surface area contributed by atoms with E-state index in [0.29, 0.717) is 60.3 Å². The Hall–Kier alpha value is -4.56. The molecule has 0 bridgehead atoms. The van der Waals surface area contributed by atoms with Crippen LogP contribution in [0.25, 0.3) is 0 Å². The molecule has 0 radical (unpaired) electrons. The molecule has 8 heteroatoms. The number of carbonyl (C=O) groups is 2. The number of hydrogen-bond donors (Lipinski definition) is 1. The highest BCUT2D eigenvalue weighted by molar-refractivity contribution is 6.04. The maximum absolute atomic E-state index is 14.1. The Bertz CT molecular complexity index is 1560. The molecule has 2 atom stereocenters. The number of rotatable bonds is 12. The van der Waals surface area contributed by atoms with E-state index in [1.807, 2.05) is 86.6 Å². The summed E-state index contributed by atoms with van der Waals surface area (Å²) in [6.07, 6.45) is 0.870. The third-order valence-corrected chi connectivity index (χ3v) is 8.06.